The first-order chi connectivity index (χ1) is 18.2. The summed E-state index contributed by atoms with van der Waals surface area (Å²) in [6, 6.07) is 20.5. The highest BCUT2D eigenvalue weighted by molar-refractivity contribution is 6.61. The molecule has 1 aromatic heterocycles. The number of aliphatic imine (C=N–C) groups is 1. The van der Waals surface area contributed by atoms with Gasteiger partial charge in [0.25, 0.3) is 11.5 Å². The number of rotatable bonds is 5. The van der Waals surface area contributed by atoms with E-state index >= 15 is 0 Å². The van der Waals surface area contributed by atoms with Crippen LogP contribution in [0.3, 0.4) is 0 Å². The van der Waals surface area contributed by atoms with Gasteiger partial charge in [0.1, 0.15) is 11.5 Å². The van der Waals surface area contributed by atoms with Crippen molar-refractivity contribution in [2.75, 3.05) is 23.9 Å². The number of aromatic carboxylic acids is 1. The molecule has 5 rings (SSSR count). The molecule has 1 aliphatic rings. The Labute approximate surface area is 218 Å². The largest absolute Gasteiger partial charge is 0.478 e. The molecule has 190 valence electrons. The van der Waals surface area contributed by atoms with Gasteiger partial charge in [0.2, 0.25) is 0 Å². The van der Waals surface area contributed by atoms with E-state index in [0.717, 1.165) is 11.3 Å². The number of carbonyl (C=O) groups is 2. The molecule has 9 heteroatoms. The molecule has 1 aliphatic heterocycles. The second kappa shape index (κ2) is 9.36. The van der Waals surface area contributed by atoms with Crippen LogP contribution in [0.15, 0.2) is 89.2 Å². The normalized spacial score (nSPS) is 14.1. The Bertz CT molecular complexity index is 1680. The van der Waals surface area contributed by atoms with Crippen molar-refractivity contribution in [3.05, 3.63) is 106 Å². The minimum atomic E-state index is -1.07. The number of hydrogen-bond acceptors (Lipinski definition) is 5. The number of aryl methyl sites for hydroxylation is 1. The zero-order chi connectivity index (χ0) is 27.1. The number of anilines is 3. The zero-order valence-corrected chi connectivity index (χ0v) is 21.1. The monoisotopic (exact) mass is 507 g/mol. The Morgan fingerprint density at radius 2 is 1.66 bits per heavy atom. The van der Waals surface area contributed by atoms with Gasteiger partial charge in [-0.2, -0.15) is 0 Å². The van der Waals surface area contributed by atoms with Gasteiger partial charge in [0.15, 0.2) is 0 Å². The number of carboxylic acid groups (broad SMARTS) is 1. The number of aromatic amines is 1. The number of carbonyl (C=O) groups excluding carboxylic acids is 1. The summed E-state index contributed by atoms with van der Waals surface area (Å²) in [7, 11) is 3.89. The van der Waals surface area contributed by atoms with Crippen LogP contribution in [0.25, 0.3) is 11.3 Å². The van der Waals surface area contributed by atoms with Crippen molar-refractivity contribution in [1.82, 2.24) is 9.78 Å². The lowest BCUT2D eigenvalue weighted by Crippen LogP contribution is -2.38. The van der Waals surface area contributed by atoms with Crippen LogP contribution in [-0.2, 0) is 4.79 Å². The zero-order valence-electron chi connectivity index (χ0n) is 21.1. The Morgan fingerprint density at radius 1 is 0.974 bits per heavy atom. The third-order valence-electron chi connectivity index (χ3n) is 6.40. The van der Waals surface area contributed by atoms with E-state index in [1.807, 2.05) is 50.2 Å². The van der Waals surface area contributed by atoms with E-state index in [0.29, 0.717) is 17.1 Å². The average molecular weight is 508 g/mol. The second-order valence-corrected chi connectivity index (χ2v) is 9.11. The van der Waals surface area contributed by atoms with Crippen molar-refractivity contribution in [2.45, 2.75) is 6.92 Å². The van der Waals surface area contributed by atoms with Crippen molar-refractivity contribution in [2.24, 2.45) is 4.99 Å². The first kappa shape index (κ1) is 24.5. The third-order valence-corrected chi connectivity index (χ3v) is 6.40. The number of nitrogens with one attached hydrogen (secondary N) is 1. The fourth-order valence-electron chi connectivity index (χ4n) is 4.35. The molecule has 0 saturated carbocycles. The van der Waals surface area contributed by atoms with Gasteiger partial charge < -0.3 is 10.0 Å². The van der Waals surface area contributed by atoms with E-state index in [1.54, 1.807) is 24.3 Å². The van der Waals surface area contributed by atoms with E-state index < -0.39 is 17.4 Å². The summed E-state index contributed by atoms with van der Waals surface area (Å²) in [5.41, 5.74) is 3.55. The second-order valence-electron chi connectivity index (χ2n) is 9.11. The topological polar surface area (TPSA) is 111 Å². The van der Waals surface area contributed by atoms with Gasteiger partial charge in [-0.05, 0) is 67.1 Å². The van der Waals surface area contributed by atoms with Crippen LogP contribution in [0.1, 0.15) is 21.5 Å². The minimum Gasteiger partial charge on any atom is -0.478 e. The van der Waals surface area contributed by atoms with Crippen LogP contribution < -0.4 is 15.4 Å². The molecule has 0 aliphatic carbocycles. The average Bonchev–Trinajstić information content (AvgIpc) is 3.24. The summed E-state index contributed by atoms with van der Waals surface area (Å²) < 4.78 is 1.27. The third kappa shape index (κ3) is 4.09. The predicted octanol–water partition coefficient (Wildman–Crippen LogP) is 4.70. The van der Waals surface area contributed by atoms with E-state index in [9.17, 15) is 19.5 Å². The molecule has 0 atom stereocenters. The summed E-state index contributed by atoms with van der Waals surface area (Å²) in [5.74, 6) is -1.24. The van der Waals surface area contributed by atoms with Crippen LogP contribution in [0, 0.1) is 6.92 Å². The van der Waals surface area contributed by atoms with Crippen LogP contribution in [0.4, 0.5) is 22.9 Å². The number of amides is 1. The summed E-state index contributed by atoms with van der Waals surface area (Å²) in [6.45, 7) is 6.00. The van der Waals surface area contributed by atoms with Gasteiger partial charge in [-0.15, -0.1) is 0 Å². The summed E-state index contributed by atoms with van der Waals surface area (Å²) in [4.78, 5) is 46.9. The van der Waals surface area contributed by atoms with Crippen LogP contribution in [-0.4, -0.2) is 46.6 Å². The minimum absolute atomic E-state index is 0.0616. The Balaban J connectivity index is 1.69. The Morgan fingerprint density at radius 3 is 2.26 bits per heavy atom. The highest BCUT2D eigenvalue weighted by Crippen LogP contribution is 2.37. The van der Waals surface area contributed by atoms with E-state index in [2.05, 4.69) is 16.7 Å². The quantitative estimate of drug-likeness (QED) is 0.407. The molecular weight excluding hydrogens is 482 g/mol. The lowest BCUT2D eigenvalue weighted by molar-refractivity contribution is -0.111. The molecule has 4 aromatic rings. The number of nitrogens with zero attached hydrogens (tertiary/aromatic N) is 4. The molecule has 0 unspecified atom stereocenters. The number of carboxylic acids is 1. The lowest BCUT2D eigenvalue weighted by atomic mass is 9.98. The molecule has 0 radical (unpaired) electrons. The van der Waals surface area contributed by atoms with Gasteiger partial charge in [0, 0.05) is 25.4 Å². The van der Waals surface area contributed by atoms with Gasteiger partial charge in [-0.3, -0.25) is 19.6 Å². The van der Waals surface area contributed by atoms with E-state index in [1.165, 1.54) is 33.8 Å². The first-order valence-electron chi connectivity index (χ1n) is 11.8. The van der Waals surface area contributed by atoms with Gasteiger partial charge in [-0.1, -0.05) is 24.8 Å². The number of hydrogen-bond donors (Lipinski definition) is 2. The van der Waals surface area contributed by atoms with E-state index in [4.69, 9.17) is 0 Å². The number of benzene rings is 3. The molecule has 1 amide bonds. The van der Waals surface area contributed by atoms with Crippen molar-refractivity contribution < 1.29 is 14.7 Å². The molecule has 0 spiro atoms. The predicted molar refractivity (Wildman–Crippen MR) is 149 cm³/mol. The number of H-pyrrole nitrogens is 1. The molecule has 2 heterocycles. The van der Waals surface area contributed by atoms with Crippen LogP contribution in [0.5, 0.6) is 0 Å². The van der Waals surface area contributed by atoms with E-state index in [-0.39, 0.29) is 28.2 Å². The molecular formula is C29H25N5O4. The van der Waals surface area contributed by atoms with Gasteiger partial charge in [0.05, 0.1) is 28.2 Å². The van der Waals surface area contributed by atoms with Gasteiger partial charge in [-0.25, -0.2) is 14.5 Å². The standard InChI is InChI=1S/C29H25N5O4/c1-17-16-22(32(3)4)14-15-23(17)30-25-18(2)24-26(33(28(25)36)20-8-6-5-7-9-20)31-34(27(24)35)21-12-10-19(11-13-21)29(37)38/h5-16,31H,2H2,1,3-4H3,(H,37,38). The Hall–Kier alpha value is -5.18. The molecule has 38 heavy (non-hydrogen) atoms. The van der Waals surface area contributed by atoms with Crippen molar-refractivity contribution in [3.63, 3.8) is 0 Å². The van der Waals surface area contributed by atoms with Crippen LogP contribution in [0.2, 0.25) is 0 Å². The smallest absolute Gasteiger partial charge is 0.335 e. The summed E-state index contributed by atoms with van der Waals surface area (Å²) in [6.07, 6.45) is 0. The lowest BCUT2D eigenvalue weighted by Gasteiger charge is -2.28. The molecule has 0 bridgehead atoms. The summed E-state index contributed by atoms with van der Waals surface area (Å²) >= 11 is 0. The van der Waals surface area contributed by atoms with Crippen molar-refractivity contribution in [3.8, 4) is 5.69 Å². The summed E-state index contributed by atoms with van der Waals surface area (Å²) in [5, 5.41) is 12.3. The first-order valence-corrected chi connectivity index (χ1v) is 11.8. The fourth-order valence-corrected chi connectivity index (χ4v) is 4.35. The molecule has 2 N–H and O–H groups in total. The Kier molecular flexibility index (Phi) is 6.04. The number of para-hydroxylation sites is 1. The van der Waals surface area contributed by atoms with Crippen molar-refractivity contribution in [1.29, 1.82) is 0 Å². The van der Waals surface area contributed by atoms with Crippen molar-refractivity contribution >= 4 is 46.0 Å². The van der Waals surface area contributed by atoms with Crippen LogP contribution >= 0.6 is 0 Å². The SMILES string of the molecule is C=C1C(=Nc2ccc(N(C)C)cc2C)C(=O)N(c2ccccc2)c2[nH]n(-c3ccc(C(=O)O)cc3)c(=O)c21. The highest BCUT2D eigenvalue weighted by atomic mass is 16.4. The maximum atomic E-state index is 13.9. The molecule has 3 aromatic carbocycles. The maximum absolute atomic E-state index is 13.9. The fraction of sp³-hybridized carbons (Fsp3) is 0.103. The molecule has 0 saturated heterocycles. The van der Waals surface area contributed by atoms with Gasteiger partial charge >= 0.3 is 5.97 Å². The number of fused-ring (bicyclic) bond motifs is 1. The molecule has 0 fully saturated rings. The molecule has 9 nitrogen and oxygen atoms in total. The maximum Gasteiger partial charge on any atom is 0.335 e. The highest BCUT2D eigenvalue weighted by Gasteiger charge is 2.38. The number of aromatic nitrogens is 2.